The van der Waals surface area contributed by atoms with Crippen molar-refractivity contribution in [1.82, 2.24) is 10.0 Å². The maximum Gasteiger partial charge on any atom is 0.211 e. The molecule has 0 spiro atoms. The quantitative estimate of drug-likeness (QED) is 0.750. The third kappa shape index (κ3) is 5.22. The van der Waals surface area contributed by atoms with E-state index in [1.807, 2.05) is 0 Å². The number of hydrogen-bond donors (Lipinski definition) is 2. The first-order valence-electron chi connectivity index (χ1n) is 5.95. The highest BCUT2D eigenvalue weighted by molar-refractivity contribution is 7.89. The molecule has 0 aliphatic rings. The molecule has 0 unspecified atom stereocenters. The Bertz CT molecular complexity index is 520. The van der Waals surface area contributed by atoms with E-state index in [0.29, 0.717) is 18.5 Å². The fraction of sp³-hybridized carbons (Fsp3) is 0.500. The van der Waals surface area contributed by atoms with Crippen LogP contribution in [0, 0.1) is 11.6 Å². The minimum atomic E-state index is -3.19. The lowest BCUT2D eigenvalue weighted by Gasteiger charge is -2.14. The number of halogens is 2. The molecule has 1 aromatic carbocycles. The summed E-state index contributed by atoms with van der Waals surface area (Å²) in [6, 6.07) is 3.54. The van der Waals surface area contributed by atoms with Gasteiger partial charge in [0.1, 0.15) is 0 Å². The first-order chi connectivity index (χ1) is 8.85. The smallest absolute Gasteiger partial charge is 0.211 e. The van der Waals surface area contributed by atoms with Crippen molar-refractivity contribution in [3.63, 3.8) is 0 Å². The van der Waals surface area contributed by atoms with Crippen molar-refractivity contribution in [2.24, 2.45) is 0 Å². The Morgan fingerprint density at radius 2 is 1.95 bits per heavy atom. The van der Waals surface area contributed by atoms with E-state index < -0.39 is 21.7 Å². The maximum absolute atomic E-state index is 13.0. The van der Waals surface area contributed by atoms with Crippen LogP contribution in [0.3, 0.4) is 0 Å². The third-order valence-corrected chi connectivity index (χ3v) is 4.24. The zero-order valence-electron chi connectivity index (χ0n) is 10.9. The van der Waals surface area contributed by atoms with E-state index in [0.717, 1.165) is 12.1 Å². The zero-order chi connectivity index (χ0) is 14.5. The van der Waals surface area contributed by atoms with Crippen molar-refractivity contribution in [3.8, 4) is 0 Å². The molecule has 1 rings (SSSR count). The third-order valence-electron chi connectivity index (χ3n) is 2.80. The van der Waals surface area contributed by atoms with Gasteiger partial charge in [0, 0.05) is 6.04 Å². The van der Waals surface area contributed by atoms with Crippen LogP contribution in [0.15, 0.2) is 18.2 Å². The summed E-state index contributed by atoms with van der Waals surface area (Å²) < 4.78 is 50.4. The Morgan fingerprint density at radius 1 is 1.26 bits per heavy atom. The van der Waals surface area contributed by atoms with E-state index in [1.165, 1.54) is 13.1 Å². The van der Waals surface area contributed by atoms with Gasteiger partial charge in [-0.15, -0.1) is 0 Å². The molecule has 0 bridgehead atoms. The molecule has 7 heteroatoms. The zero-order valence-corrected chi connectivity index (χ0v) is 11.7. The molecule has 0 saturated heterocycles. The lowest BCUT2D eigenvalue weighted by molar-refractivity contribution is 0.500. The van der Waals surface area contributed by atoms with E-state index >= 15 is 0 Å². The van der Waals surface area contributed by atoms with Gasteiger partial charge in [-0.1, -0.05) is 6.07 Å². The van der Waals surface area contributed by atoms with Crippen LogP contribution in [0.2, 0.25) is 0 Å². The average Bonchev–Trinajstić information content (AvgIpc) is 2.37. The molecule has 0 aliphatic heterocycles. The highest BCUT2D eigenvalue weighted by atomic mass is 32.2. The van der Waals surface area contributed by atoms with Crippen LogP contribution >= 0.6 is 0 Å². The van der Waals surface area contributed by atoms with Gasteiger partial charge in [-0.05, 0) is 44.6 Å². The van der Waals surface area contributed by atoms with E-state index in [-0.39, 0.29) is 11.8 Å². The highest BCUT2D eigenvalue weighted by Crippen LogP contribution is 2.15. The Morgan fingerprint density at radius 3 is 2.53 bits per heavy atom. The molecule has 0 fully saturated rings. The van der Waals surface area contributed by atoms with Gasteiger partial charge in [-0.3, -0.25) is 0 Å². The molecule has 4 nitrogen and oxygen atoms in total. The second-order valence-corrected chi connectivity index (χ2v) is 6.27. The summed E-state index contributed by atoms with van der Waals surface area (Å²) in [5.41, 5.74) is 0.621. The Kier molecular flexibility index (Phi) is 5.84. The number of benzene rings is 1. The Balaban J connectivity index is 2.43. The molecule has 1 atom stereocenters. The van der Waals surface area contributed by atoms with Gasteiger partial charge in [-0.2, -0.15) is 0 Å². The Hall–Kier alpha value is -1.05. The lowest BCUT2D eigenvalue weighted by atomic mass is 10.1. The fourth-order valence-corrected chi connectivity index (χ4v) is 2.31. The van der Waals surface area contributed by atoms with E-state index in [9.17, 15) is 17.2 Å². The summed E-state index contributed by atoms with van der Waals surface area (Å²) in [5, 5.41) is 3.06. The van der Waals surface area contributed by atoms with Crippen molar-refractivity contribution in [2.75, 3.05) is 19.3 Å². The highest BCUT2D eigenvalue weighted by Gasteiger charge is 2.10. The van der Waals surface area contributed by atoms with Gasteiger partial charge in [0.15, 0.2) is 11.6 Å². The second kappa shape index (κ2) is 6.93. The SMILES string of the molecule is CNS(=O)(=O)CCCN[C@@H](C)c1ccc(F)c(F)c1. The molecule has 0 heterocycles. The molecule has 0 aliphatic carbocycles. The largest absolute Gasteiger partial charge is 0.310 e. The van der Waals surface area contributed by atoms with E-state index in [2.05, 4.69) is 10.0 Å². The molecule has 1 aromatic rings. The summed E-state index contributed by atoms with van der Waals surface area (Å²) in [7, 11) is -1.83. The average molecular weight is 292 g/mol. The molecule has 0 amide bonds. The summed E-state index contributed by atoms with van der Waals surface area (Å²) in [5.74, 6) is -1.74. The van der Waals surface area contributed by atoms with Crippen LogP contribution in [0.25, 0.3) is 0 Å². The normalized spacial score (nSPS) is 13.5. The lowest BCUT2D eigenvalue weighted by Crippen LogP contribution is -2.26. The minimum Gasteiger partial charge on any atom is -0.310 e. The standard InChI is InChI=1S/C12H18F2N2O2S/c1-9(10-4-5-11(13)12(14)8-10)16-6-3-7-19(17,18)15-2/h4-5,8-9,15-16H,3,6-7H2,1-2H3/t9-/m0/s1. The topological polar surface area (TPSA) is 58.2 Å². The van der Waals surface area contributed by atoms with Crippen molar-refractivity contribution >= 4 is 10.0 Å². The van der Waals surface area contributed by atoms with Gasteiger partial charge < -0.3 is 5.32 Å². The summed E-state index contributed by atoms with van der Waals surface area (Å²) in [4.78, 5) is 0. The van der Waals surface area contributed by atoms with E-state index in [1.54, 1.807) is 6.92 Å². The van der Waals surface area contributed by atoms with Gasteiger partial charge >= 0.3 is 0 Å². The summed E-state index contributed by atoms with van der Waals surface area (Å²) in [6.45, 7) is 2.28. The molecule has 108 valence electrons. The first kappa shape index (κ1) is 16.0. The van der Waals surface area contributed by atoms with E-state index in [4.69, 9.17) is 0 Å². The summed E-state index contributed by atoms with van der Waals surface area (Å²) in [6.07, 6.45) is 0.442. The predicted molar refractivity (Wildman–Crippen MR) is 70.2 cm³/mol. The maximum atomic E-state index is 13.0. The molecule has 19 heavy (non-hydrogen) atoms. The minimum absolute atomic E-state index is 0.0288. The number of sulfonamides is 1. The van der Waals surface area contributed by atoms with Crippen LogP contribution in [0.4, 0.5) is 8.78 Å². The Labute approximate surface area is 112 Å². The second-order valence-electron chi connectivity index (χ2n) is 4.23. The van der Waals surface area contributed by atoms with Gasteiger partial charge in [0.2, 0.25) is 10.0 Å². The van der Waals surface area contributed by atoms with Crippen molar-refractivity contribution < 1.29 is 17.2 Å². The van der Waals surface area contributed by atoms with Gasteiger partial charge in [0.05, 0.1) is 5.75 Å². The molecular formula is C12H18F2N2O2S. The van der Waals surface area contributed by atoms with Crippen molar-refractivity contribution in [3.05, 3.63) is 35.4 Å². The molecule has 2 N–H and O–H groups in total. The van der Waals surface area contributed by atoms with Crippen LogP contribution in [-0.2, 0) is 10.0 Å². The van der Waals surface area contributed by atoms with Crippen molar-refractivity contribution in [1.29, 1.82) is 0 Å². The number of hydrogen-bond acceptors (Lipinski definition) is 3. The number of nitrogens with one attached hydrogen (secondary N) is 2. The van der Waals surface area contributed by atoms with Gasteiger partial charge in [-0.25, -0.2) is 21.9 Å². The monoisotopic (exact) mass is 292 g/mol. The van der Waals surface area contributed by atoms with Crippen LogP contribution < -0.4 is 10.0 Å². The van der Waals surface area contributed by atoms with Gasteiger partial charge in [0.25, 0.3) is 0 Å². The van der Waals surface area contributed by atoms with Crippen LogP contribution in [0.1, 0.15) is 24.9 Å². The molecular weight excluding hydrogens is 274 g/mol. The van der Waals surface area contributed by atoms with Crippen LogP contribution in [-0.4, -0.2) is 27.8 Å². The molecule has 0 aromatic heterocycles. The molecule has 0 radical (unpaired) electrons. The number of rotatable bonds is 7. The predicted octanol–water partition coefficient (Wildman–Crippen LogP) is 1.55. The van der Waals surface area contributed by atoms with Crippen LogP contribution in [0.5, 0.6) is 0 Å². The molecule has 0 saturated carbocycles. The fourth-order valence-electron chi connectivity index (χ4n) is 1.58. The first-order valence-corrected chi connectivity index (χ1v) is 7.60. The van der Waals surface area contributed by atoms with Crippen molar-refractivity contribution in [2.45, 2.75) is 19.4 Å². The summed E-state index contributed by atoms with van der Waals surface area (Å²) >= 11 is 0.